The minimum atomic E-state index is 0.111. The number of piperazine rings is 1. The minimum absolute atomic E-state index is 0.111. The average Bonchev–Trinajstić information content (AvgIpc) is 3.24. The number of carbonyl (C=O) groups excluding carboxylic acids is 1. The molecule has 0 N–H and O–H groups in total. The van der Waals surface area contributed by atoms with E-state index in [4.69, 9.17) is 5.26 Å². The van der Waals surface area contributed by atoms with Gasteiger partial charge in [-0.2, -0.15) is 10.5 Å². The van der Waals surface area contributed by atoms with E-state index in [-0.39, 0.29) is 5.91 Å². The Balaban J connectivity index is 1.23. The zero-order valence-corrected chi connectivity index (χ0v) is 23.6. The number of rotatable bonds is 5. The molecule has 1 atom stereocenters. The number of carbonyl (C=O) groups is 1. The van der Waals surface area contributed by atoms with Crippen molar-refractivity contribution in [3.05, 3.63) is 94.0 Å². The first-order valence-electron chi connectivity index (χ1n) is 14.4. The Bertz CT molecular complexity index is 1440. The van der Waals surface area contributed by atoms with Gasteiger partial charge in [0, 0.05) is 50.5 Å². The quantitative estimate of drug-likeness (QED) is 0.412. The molecule has 0 aliphatic carbocycles. The van der Waals surface area contributed by atoms with Gasteiger partial charge >= 0.3 is 0 Å². The van der Waals surface area contributed by atoms with Crippen LogP contribution in [0.5, 0.6) is 0 Å². The third kappa shape index (κ3) is 5.97. The second-order valence-electron chi connectivity index (χ2n) is 11.1. The first kappa shape index (κ1) is 27.3. The van der Waals surface area contributed by atoms with Gasteiger partial charge in [-0.05, 0) is 105 Å². The molecule has 0 bridgehead atoms. The van der Waals surface area contributed by atoms with Gasteiger partial charge in [-0.25, -0.2) is 0 Å². The molecule has 2 aliphatic heterocycles. The smallest absolute Gasteiger partial charge is 0.254 e. The lowest BCUT2D eigenvalue weighted by molar-refractivity contribution is 0.0746. The molecule has 6 heteroatoms. The van der Waals surface area contributed by atoms with Crippen LogP contribution < -0.4 is 9.80 Å². The molecule has 2 fully saturated rings. The van der Waals surface area contributed by atoms with Crippen LogP contribution in [0.1, 0.15) is 57.4 Å². The van der Waals surface area contributed by atoms with Crippen molar-refractivity contribution in [2.45, 2.75) is 39.5 Å². The summed E-state index contributed by atoms with van der Waals surface area (Å²) in [6.07, 6.45) is 4.42. The van der Waals surface area contributed by atoms with Crippen LogP contribution in [0.15, 0.2) is 60.7 Å². The van der Waals surface area contributed by atoms with Gasteiger partial charge in [-0.15, -0.1) is 0 Å². The molecule has 204 valence electrons. The molecular weight excluding hydrogens is 494 g/mol. The summed E-state index contributed by atoms with van der Waals surface area (Å²) in [6.45, 7) is 8.99. The van der Waals surface area contributed by atoms with Crippen LogP contribution in [0.3, 0.4) is 0 Å². The van der Waals surface area contributed by atoms with Gasteiger partial charge in [0.25, 0.3) is 5.91 Å². The Morgan fingerprint density at radius 2 is 1.57 bits per heavy atom. The fourth-order valence-corrected chi connectivity index (χ4v) is 6.20. The number of hydrogen-bond donors (Lipinski definition) is 0. The summed E-state index contributed by atoms with van der Waals surface area (Å²) in [5.74, 6) is 0.691. The van der Waals surface area contributed by atoms with Gasteiger partial charge in [-0.3, -0.25) is 4.79 Å². The molecular formula is C34H37N5O. The number of anilines is 2. The van der Waals surface area contributed by atoms with Crippen molar-refractivity contribution in [2.75, 3.05) is 49.1 Å². The molecule has 6 nitrogen and oxygen atoms in total. The molecule has 2 aliphatic rings. The van der Waals surface area contributed by atoms with Gasteiger partial charge in [-0.1, -0.05) is 18.2 Å². The Labute approximate surface area is 238 Å². The largest absolute Gasteiger partial charge is 0.372 e. The van der Waals surface area contributed by atoms with E-state index in [1.165, 1.54) is 23.2 Å². The second-order valence-corrected chi connectivity index (χ2v) is 11.1. The van der Waals surface area contributed by atoms with Gasteiger partial charge < -0.3 is 14.7 Å². The third-order valence-corrected chi connectivity index (χ3v) is 8.56. The Morgan fingerprint density at radius 3 is 2.30 bits per heavy atom. The maximum Gasteiger partial charge on any atom is 0.254 e. The highest BCUT2D eigenvalue weighted by atomic mass is 16.2. The summed E-state index contributed by atoms with van der Waals surface area (Å²) >= 11 is 0. The van der Waals surface area contributed by atoms with Crippen LogP contribution in [0.2, 0.25) is 0 Å². The summed E-state index contributed by atoms with van der Waals surface area (Å²) in [6, 6.07) is 24.4. The molecule has 2 saturated heterocycles. The highest BCUT2D eigenvalue weighted by molar-refractivity contribution is 5.96. The van der Waals surface area contributed by atoms with Gasteiger partial charge in [0.1, 0.15) is 6.07 Å². The Kier molecular flexibility index (Phi) is 8.37. The molecule has 0 aromatic heterocycles. The van der Waals surface area contributed by atoms with Crippen LogP contribution in [-0.2, 0) is 6.42 Å². The van der Waals surface area contributed by atoms with Crippen molar-refractivity contribution in [1.29, 1.82) is 10.5 Å². The number of hydrogen-bond acceptors (Lipinski definition) is 5. The van der Waals surface area contributed by atoms with Gasteiger partial charge in [0.2, 0.25) is 0 Å². The second kappa shape index (κ2) is 12.3. The molecule has 5 rings (SSSR count). The summed E-state index contributed by atoms with van der Waals surface area (Å²) in [5, 5.41) is 18.6. The fourth-order valence-electron chi connectivity index (χ4n) is 6.20. The lowest BCUT2D eigenvalue weighted by Crippen LogP contribution is -2.49. The number of aryl methyl sites for hydroxylation is 2. The predicted octanol–water partition coefficient (Wildman–Crippen LogP) is 5.86. The van der Waals surface area contributed by atoms with Crippen molar-refractivity contribution in [2.24, 2.45) is 5.92 Å². The van der Waals surface area contributed by atoms with Gasteiger partial charge in [0.15, 0.2) is 0 Å². The van der Waals surface area contributed by atoms with E-state index in [1.54, 1.807) is 0 Å². The summed E-state index contributed by atoms with van der Waals surface area (Å²) in [4.78, 5) is 20.3. The average molecular weight is 532 g/mol. The molecule has 0 radical (unpaired) electrons. The van der Waals surface area contributed by atoms with Crippen LogP contribution in [0.4, 0.5) is 11.4 Å². The predicted molar refractivity (Wildman–Crippen MR) is 160 cm³/mol. The lowest BCUT2D eigenvalue weighted by atomic mass is 9.88. The van der Waals surface area contributed by atoms with Crippen LogP contribution in [0, 0.1) is 42.4 Å². The third-order valence-electron chi connectivity index (χ3n) is 8.56. The fraction of sp³-hybridized carbons (Fsp3) is 0.382. The molecule has 3 aromatic carbocycles. The maximum absolute atomic E-state index is 13.7. The molecule has 3 aromatic rings. The number of benzene rings is 3. The first-order chi connectivity index (χ1) is 19.5. The van der Waals surface area contributed by atoms with Crippen LogP contribution in [-0.4, -0.2) is 50.1 Å². The first-order valence-corrected chi connectivity index (χ1v) is 14.4. The highest BCUT2D eigenvalue weighted by Gasteiger charge is 2.26. The van der Waals surface area contributed by atoms with Crippen LogP contribution in [0.25, 0.3) is 0 Å². The van der Waals surface area contributed by atoms with Crippen LogP contribution >= 0.6 is 0 Å². The molecule has 1 unspecified atom stereocenters. The Morgan fingerprint density at radius 1 is 0.825 bits per heavy atom. The van der Waals surface area contributed by atoms with Gasteiger partial charge in [0.05, 0.1) is 22.9 Å². The SMILES string of the molecule is Cc1cc(C)c(C(=O)N2CCN(c3ccccc3C#N)CC2)cc1CC1CCCN(c2ccc(C#N)cc2)CC1. The molecule has 0 saturated carbocycles. The van der Waals surface area contributed by atoms with E-state index >= 15 is 0 Å². The number of nitriles is 2. The van der Waals surface area contributed by atoms with Crippen molar-refractivity contribution in [3.8, 4) is 12.1 Å². The molecule has 1 amide bonds. The van der Waals surface area contributed by atoms with E-state index in [2.05, 4.69) is 53.1 Å². The lowest BCUT2D eigenvalue weighted by Gasteiger charge is -2.36. The summed E-state index contributed by atoms with van der Waals surface area (Å²) in [7, 11) is 0. The van der Waals surface area contributed by atoms with E-state index < -0.39 is 0 Å². The van der Waals surface area contributed by atoms with E-state index in [0.717, 1.165) is 62.3 Å². The normalized spacial score (nSPS) is 17.6. The summed E-state index contributed by atoms with van der Waals surface area (Å²) in [5.41, 5.74) is 7.92. The monoisotopic (exact) mass is 531 g/mol. The zero-order chi connectivity index (χ0) is 28.1. The molecule has 2 heterocycles. The van der Waals surface area contributed by atoms with Crippen molar-refractivity contribution in [1.82, 2.24) is 4.90 Å². The van der Waals surface area contributed by atoms with Crippen molar-refractivity contribution < 1.29 is 4.79 Å². The summed E-state index contributed by atoms with van der Waals surface area (Å²) < 4.78 is 0. The topological polar surface area (TPSA) is 74.4 Å². The maximum atomic E-state index is 13.7. The minimum Gasteiger partial charge on any atom is -0.372 e. The van der Waals surface area contributed by atoms with Crippen molar-refractivity contribution >= 4 is 17.3 Å². The number of amides is 1. The van der Waals surface area contributed by atoms with E-state index in [0.29, 0.717) is 30.1 Å². The Hall–Kier alpha value is -4.29. The van der Waals surface area contributed by atoms with E-state index in [9.17, 15) is 10.1 Å². The zero-order valence-electron chi connectivity index (χ0n) is 23.6. The van der Waals surface area contributed by atoms with Crippen molar-refractivity contribution in [3.63, 3.8) is 0 Å². The number of nitrogens with zero attached hydrogens (tertiary/aromatic N) is 5. The highest BCUT2D eigenvalue weighted by Crippen LogP contribution is 2.29. The molecule has 40 heavy (non-hydrogen) atoms. The molecule has 0 spiro atoms. The van der Waals surface area contributed by atoms with E-state index in [1.807, 2.05) is 48.2 Å². The standard InChI is InChI=1S/C34H37N5O/c1-25-20-26(2)32(34(40)39-18-16-38(17-19-39)33-8-4-3-7-29(33)24-36)22-30(25)21-27-6-5-14-37(15-13-27)31-11-9-28(23-35)10-12-31/h3-4,7-12,20,22,27H,5-6,13-19,21H2,1-2H3. The number of para-hydroxylation sites is 1.